The Morgan fingerprint density at radius 1 is 0.964 bits per heavy atom. The van der Waals surface area contributed by atoms with Gasteiger partial charge in [-0.3, -0.25) is 23.6 Å². The minimum atomic E-state index is -0.291. The smallest absolute Gasteiger partial charge is 0.295 e. The van der Waals surface area contributed by atoms with E-state index in [1.165, 1.54) is 4.90 Å². The zero-order valence-corrected chi connectivity index (χ0v) is 16.6. The van der Waals surface area contributed by atoms with E-state index in [1.54, 1.807) is 29.3 Å². The molecule has 3 aromatic rings. The highest BCUT2D eigenvalue weighted by atomic mass is 32.2. The van der Waals surface area contributed by atoms with E-state index in [1.807, 2.05) is 49.4 Å². The van der Waals surface area contributed by atoms with Crippen molar-refractivity contribution in [3.63, 3.8) is 0 Å². The molecule has 0 spiro atoms. The zero-order chi connectivity index (χ0) is 20.0. The minimum absolute atomic E-state index is 0.106. The SMILES string of the molecule is Cc1ccccc1CN1C(=O)S/C(=C\c2ccc3c(c2)n(C)c(=O)n3C)C1=O. The summed E-state index contributed by atoms with van der Waals surface area (Å²) in [7, 11) is 3.44. The Morgan fingerprint density at radius 2 is 1.68 bits per heavy atom. The molecular formula is C21H19N3O3S. The van der Waals surface area contributed by atoms with Crippen molar-refractivity contribution in [2.45, 2.75) is 13.5 Å². The van der Waals surface area contributed by atoms with Crippen LogP contribution in [0.4, 0.5) is 4.79 Å². The lowest BCUT2D eigenvalue weighted by atomic mass is 10.1. The quantitative estimate of drug-likeness (QED) is 0.640. The third-order valence-corrected chi connectivity index (χ3v) is 5.96. The lowest BCUT2D eigenvalue weighted by Gasteiger charge is -2.14. The second kappa shape index (κ2) is 6.83. The third-order valence-electron chi connectivity index (χ3n) is 5.06. The van der Waals surface area contributed by atoms with Crippen molar-refractivity contribution >= 4 is 40.0 Å². The molecule has 0 atom stereocenters. The summed E-state index contributed by atoms with van der Waals surface area (Å²) in [4.78, 5) is 38.9. The summed E-state index contributed by atoms with van der Waals surface area (Å²) in [6, 6.07) is 13.3. The molecule has 4 rings (SSSR count). The van der Waals surface area contributed by atoms with Crippen LogP contribution in [-0.2, 0) is 25.4 Å². The monoisotopic (exact) mass is 393 g/mol. The van der Waals surface area contributed by atoms with Gasteiger partial charge in [-0.15, -0.1) is 0 Å². The third kappa shape index (κ3) is 2.97. The van der Waals surface area contributed by atoms with Crippen molar-refractivity contribution in [1.29, 1.82) is 0 Å². The molecule has 28 heavy (non-hydrogen) atoms. The predicted octanol–water partition coefficient (Wildman–Crippen LogP) is 3.42. The maximum absolute atomic E-state index is 12.8. The molecule has 1 aromatic heterocycles. The molecule has 2 amide bonds. The van der Waals surface area contributed by atoms with E-state index < -0.39 is 0 Å². The predicted molar refractivity (Wildman–Crippen MR) is 111 cm³/mol. The van der Waals surface area contributed by atoms with Crippen LogP contribution in [0.3, 0.4) is 0 Å². The van der Waals surface area contributed by atoms with Crippen molar-refractivity contribution in [3.05, 3.63) is 74.5 Å². The zero-order valence-electron chi connectivity index (χ0n) is 15.8. The second-order valence-electron chi connectivity index (χ2n) is 6.84. The Bertz CT molecular complexity index is 1220. The van der Waals surface area contributed by atoms with Crippen LogP contribution in [0.2, 0.25) is 0 Å². The van der Waals surface area contributed by atoms with Crippen molar-refractivity contribution in [2.75, 3.05) is 0 Å². The van der Waals surface area contributed by atoms with Crippen molar-refractivity contribution < 1.29 is 9.59 Å². The van der Waals surface area contributed by atoms with Crippen LogP contribution < -0.4 is 5.69 Å². The summed E-state index contributed by atoms with van der Waals surface area (Å²) in [5.41, 5.74) is 4.26. The number of aryl methyl sites for hydroxylation is 3. The van der Waals surface area contributed by atoms with E-state index in [-0.39, 0.29) is 23.4 Å². The first kappa shape index (κ1) is 18.3. The van der Waals surface area contributed by atoms with Crippen molar-refractivity contribution in [2.24, 2.45) is 14.1 Å². The van der Waals surface area contributed by atoms with Gasteiger partial charge < -0.3 is 0 Å². The summed E-state index contributed by atoms with van der Waals surface area (Å²) in [6.45, 7) is 2.23. The molecule has 0 N–H and O–H groups in total. The summed E-state index contributed by atoms with van der Waals surface area (Å²) in [5, 5.41) is -0.271. The molecule has 2 aromatic carbocycles. The highest BCUT2D eigenvalue weighted by Gasteiger charge is 2.35. The Kier molecular flexibility index (Phi) is 4.47. The van der Waals surface area contributed by atoms with Gasteiger partial charge in [0.05, 0.1) is 22.5 Å². The average molecular weight is 393 g/mol. The Hall–Kier alpha value is -3.06. The van der Waals surface area contributed by atoms with Gasteiger partial charge in [-0.1, -0.05) is 30.3 Å². The van der Waals surface area contributed by atoms with E-state index in [0.29, 0.717) is 4.91 Å². The Labute approximate surface area is 166 Å². The fraction of sp³-hybridized carbons (Fsp3) is 0.190. The lowest BCUT2D eigenvalue weighted by Crippen LogP contribution is -2.27. The molecule has 1 saturated heterocycles. The number of hydrogen-bond donors (Lipinski definition) is 0. The van der Waals surface area contributed by atoms with E-state index in [2.05, 4.69) is 0 Å². The summed E-state index contributed by atoms with van der Waals surface area (Å²) < 4.78 is 3.14. The number of carbonyl (C=O) groups is 2. The fourth-order valence-electron chi connectivity index (χ4n) is 3.36. The normalized spacial score (nSPS) is 16.0. The topological polar surface area (TPSA) is 64.3 Å². The molecule has 142 valence electrons. The van der Waals surface area contributed by atoms with Gasteiger partial charge in [0.15, 0.2) is 0 Å². The van der Waals surface area contributed by atoms with E-state index in [4.69, 9.17) is 0 Å². The Balaban J connectivity index is 1.66. The van der Waals surface area contributed by atoms with Gasteiger partial charge in [0.25, 0.3) is 11.1 Å². The van der Waals surface area contributed by atoms with E-state index >= 15 is 0 Å². The lowest BCUT2D eigenvalue weighted by molar-refractivity contribution is -0.123. The van der Waals surface area contributed by atoms with E-state index in [9.17, 15) is 14.4 Å². The van der Waals surface area contributed by atoms with Crippen molar-refractivity contribution in [1.82, 2.24) is 14.0 Å². The molecule has 7 heteroatoms. The van der Waals surface area contributed by atoms with Crippen LogP contribution in [0, 0.1) is 6.92 Å². The maximum atomic E-state index is 12.8. The van der Waals surface area contributed by atoms with Crippen molar-refractivity contribution in [3.8, 4) is 0 Å². The maximum Gasteiger partial charge on any atom is 0.328 e. The standard InChI is InChI=1S/C21H19N3O3S/c1-13-6-4-5-7-15(13)12-24-19(25)18(28-21(24)27)11-14-8-9-16-17(10-14)23(3)20(26)22(16)2/h4-11H,12H2,1-3H3/b18-11-. The number of fused-ring (bicyclic) bond motifs is 1. The van der Waals surface area contributed by atoms with Gasteiger partial charge in [-0.2, -0.15) is 0 Å². The van der Waals surface area contributed by atoms with Crippen LogP contribution in [0.1, 0.15) is 16.7 Å². The fourth-order valence-corrected chi connectivity index (χ4v) is 4.20. The van der Waals surface area contributed by atoms with Crippen LogP contribution in [0.15, 0.2) is 52.2 Å². The minimum Gasteiger partial charge on any atom is -0.295 e. The molecule has 1 aliphatic rings. The number of hydrogen-bond acceptors (Lipinski definition) is 4. The summed E-state index contributed by atoms with van der Waals surface area (Å²) in [6.07, 6.45) is 1.71. The van der Waals surface area contributed by atoms with Gasteiger partial charge in [-0.05, 0) is 53.6 Å². The number of benzene rings is 2. The molecular weight excluding hydrogens is 374 g/mol. The number of rotatable bonds is 3. The molecule has 1 fully saturated rings. The number of imidazole rings is 1. The Morgan fingerprint density at radius 3 is 2.43 bits per heavy atom. The number of carbonyl (C=O) groups excluding carboxylic acids is 2. The summed E-state index contributed by atoms with van der Waals surface area (Å²) in [5.74, 6) is -0.291. The number of imide groups is 1. The summed E-state index contributed by atoms with van der Waals surface area (Å²) >= 11 is 0.944. The number of aromatic nitrogens is 2. The van der Waals surface area contributed by atoms with E-state index in [0.717, 1.165) is 39.5 Å². The molecule has 0 saturated carbocycles. The number of amides is 2. The van der Waals surface area contributed by atoms with Gasteiger partial charge in [0.2, 0.25) is 0 Å². The molecule has 1 aliphatic heterocycles. The number of thioether (sulfide) groups is 1. The molecule has 0 unspecified atom stereocenters. The largest absolute Gasteiger partial charge is 0.328 e. The van der Waals surface area contributed by atoms with Gasteiger partial charge in [-0.25, -0.2) is 4.79 Å². The molecule has 0 radical (unpaired) electrons. The first-order valence-electron chi connectivity index (χ1n) is 8.82. The number of nitrogens with zero attached hydrogens (tertiary/aromatic N) is 3. The van der Waals surface area contributed by atoms with Crippen LogP contribution in [-0.4, -0.2) is 25.2 Å². The van der Waals surface area contributed by atoms with Crippen LogP contribution in [0.5, 0.6) is 0 Å². The van der Waals surface area contributed by atoms with Gasteiger partial charge in [0, 0.05) is 14.1 Å². The van der Waals surface area contributed by atoms with Gasteiger partial charge >= 0.3 is 5.69 Å². The van der Waals surface area contributed by atoms with Crippen LogP contribution >= 0.6 is 11.8 Å². The highest BCUT2D eigenvalue weighted by molar-refractivity contribution is 8.18. The van der Waals surface area contributed by atoms with Gasteiger partial charge in [0.1, 0.15) is 0 Å². The molecule has 0 aliphatic carbocycles. The first-order chi connectivity index (χ1) is 13.4. The molecule has 0 bridgehead atoms. The van der Waals surface area contributed by atoms with Crippen LogP contribution in [0.25, 0.3) is 17.1 Å². The second-order valence-corrected chi connectivity index (χ2v) is 7.84. The highest BCUT2D eigenvalue weighted by Crippen LogP contribution is 2.34. The molecule has 2 heterocycles. The first-order valence-corrected chi connectivity index (χ1v) is 9.64. The average Bonchev–Trinajstić information content (AvgIpc) is 3.06. The molecule has 6 nitrogen and oxygen atoms in total.